The van der Waals surface area contributed by atoms with Gasteiger partial charge in [0.15, 0.2) is 0 Å². The molecule has 7 heteroatoms. The molecule has 0 bridgehead atoms. The van der Waals surface area contributed by atoms with Gasteiger partial charge in [-0.05, 0) is 31.4 Å². The lowest BCUT2D eigenvalue weighted by molar-refractivity contribution is -0.875. The van der Waals surface area contributed by atoms with Crippen molar-refractivity contribution < 1.29 is 14.4 Å². The Hall–Kier alpha value is -2.28. The van der Waals surface area contributed by atoms with Crippen molar-refractivity contribution in [2.45, 2.75) is 39.3 Å². The average molecular weight is 316 g/mol. The van der Waals surface area contributed by atoms with Crippen LogP contribution in [0.3, 0.4) is 0 Å². The fourth-order valence-corrected chi connectivity index (χ4v) is 3.14. The normalized spacial score (nSPS) is 17.1. The van der Waals surface area contributed by atoms with Crippen LogP contribution in [-0.2, 0) is 13.1 Å². The van der Waals surface area contributed by atoms with Crippen molar-refractivity contribution >= 4 is 6.09 Å². The molecule has 0 aliphatic carbocycles. The molecule has 1 aliphatic heterocycles. The van der Waals surface area contributed by atoms with Gasteiger partial charge in [0.1, 0.15) is 6.54 Å². The molecule has 3 rings (SSSR count). The van der Waals surface area contributed by atoms with Crippen LogP contribution >= 0.6 is 0 Å². The number of carboxylic acid groups (broad SMARTS) is 1. The van der Waals surface area contributed by atoms with Crippen molar-refractivity contribution in [1.82, 2.24) is 20.2 Å². The van der Waals surface area contributed by atoms with Crippen LogP contribution in [-0.4, -0.2) is 49.0 Å². The lowest BCUT2D eigenvalue weighted by atomic mass is 10.1. The molecule has 2 heterocycles. The molecule has 0 spiro atoms. The molecule has 0 unspecified atom stereocenters. The smallest absolute Gasteiger partial charge is 0.435 e. The van der Waals surface area contributed by atoms with E-state index in [0.717, 1.165) is 30.4 Å². The zero-order valence-corrected chi connectivity index (χ0v) is 13.4. The van der Waals surface area contributed by atoms with Gasteiger partial charge in [0.25, 0.3) is 0 Å². The Balaban J connectivity index is 1.77. The Bertz CT molecular complexity index is 674. The number of carbonyl (C=O) groups is 1. The number of amides is 1. The van der Waals surface area contributed by atoms with E-state index in [4.69, 9.17) is 0 Å². The van der Waals surface area contributed by atoms with Gasteiger partial charge in [0, 0.05) is 11.1 Å². The number of nitrogens with zero attached hydrogens (tertiary/aromatic N) is 5. The van der Waals surface area contributed by atoms with E-state index in [1.165, 1.54) is 0 Å². The summed E-state index contributed by atoms with van der Waals surface area (Å²) in [6.45, 7) is 4.60. The summed E-state index contributed by atoms with van der Waals surface area (Å²) in [4.78, 5) is 13.3. The molecule has 0 saturated carbocycles. The van der Waals surface area contributed by atoms with Gasteiger partial charge >= 0.3 is 6.09 Å². The first-order chi connectivity index (χ1) is 11.1. The molecule has 1 saturated heterocycles. The van der Waals surface area contributed by atoms with Gasteiger partial charge < -0.3 is 5.11 Å². The van der Waals surface area contributed by atoms with Crippen LogP contribution in [0.1, 0.15) is 31.7 Å². The summed E-state index contributed by atoms with van der Waals surface area (Å²) in [6, 6.07) is 7.82. The molecule has 2 aromatic rings. The Kier molecular flexibility index (Phi) is 4.38. The standard InChI is InChI=1S/C16H21N5O2/c1-2-20-18-15(17-19-20)14-8-6-13(7-9-14)12-21(16(22)23)10-4-3-5-11-21/h6-9H,2-5,10-12H2,1H3/p+1. The van der Waals surface area contributed by atoms with E-state index in [1.54, 1.807) is 4.80 Å². The fraction of sp³-hybridized carbons (Fsp3) is 0.500. The number of aryl methyl sites for hydroxylation is 1. The van der Waals surface area contributed by atoms with Crippen LogP contribution in [0.4, 0.5) is 4.79 Å². The number of tetrazole rings is 1. The topological polar surface area (TPSA) is 80.9 Å². The predicted molar refractivity (Wildman–Crippen MR) is 84.5 cm³/mol. The minimum absolute atomic E-state index is 0.142. The summed E-state index contributed by atoms with van der Waals surface area (Å²) in [5.74, 6) is 0.596. The highest BCUT2D eigenvalue weighted by atomic mass is 16.4. The van der Waals surface area contributed by atoms with Crippen LogP contribution < -0.4 is 0 Å². The summed E-state index contributed by atoms with van der Waals surface area (Å²) in [7, 11) is 0. The second-order valence-corrected chi connectivity index (χ2v) is 6.09. The Morgan fingerprint density at radius 1 is 1.22 bits per heavy atom. The van der Waals surface area contributed by atoms with Gasteiger partial charge in [-0.1, -0.05) is 24.3 Å². The summed E-state index contributed by atoms with van der Waals surface area (Å²) in [6.07, 6.45) is 2.37. The molecule has 1 aliphatic rings. The van der Waals surface area contributed by atoms with Crippen molar-refractivity contribution in [3.05, 3.63) is 29.8 Å². The number of rotatable bonds is 4. The fourth-order valence-electron chi connectivity index (χ4n) is 3.14. The average Bonchev–Trinajstić information content (AvgIpc) is 3.05. The van der Waals surface area contributed by atoms with Crippen LogP contribution in [0.15, 0.2) is 24.3 Å². The third-order valence-electron chi connectivity index (χ3n) is 4.51. The maximum absolute atomic E-state index is 11.7. The van der Waals surface area contributed by atoms with Crippen molar-refractivity contribution in [3.8, 4) is 11.4 Å². The first-order valence-corrected chi connectivity index (χ1v) is 8.10. The van der Waals surface area contributed by atoms with E-state index in [-0.39, 0.29) is 4.48 Å². The summed E-state index contributed by atoms with van der Waals surface area (Å²) in [5.41, 5.74) is 1.93. The molecule has 0 atom stereocenters. The molecular weight excluding hydrogens is 294 g/mol. The van der Waals surface area contributed by atoms with Crippen LogP contribution in [0.5, 0.6) is 0 Å². The summed E-state index contributed by atoms with van der Waals surface area (Å²) in [5, 5.41) is 21.9. The highest BCUT2D eigenvalue weighted by Crippen LogP contribution is 2.24. The summed E-state index contributed by atoms with van der Waals surface area (Å²) < 4.78 is 0.142. The zero-order chi connectivity index (χ0) is 16.3. The highest BCUT2D eigenvalue weighted by molar-refractivity contribution is 5.57. The van der Waals surface area contributed by atoms with Crippen molar-refractivity contribution in [2.75, 3.05) is 13.1 Å². The Morgan fingerprint density at radius 2 is 1.91 bits per heavy atom. The largest absolute Gasteiger partial charge is 0.513 e. The first-order valence-electron chi connectivity index (χ1n) is 8.10. The van der Waals surface area contributed by atoms with E-state index in [2.05, 4.69) is 15.4 Å². The third kappa shape index (κ3) is 3.24. The number of hydrogen-bond acceptors (Lipinski definition) is 4. The quantitative estimate of drug-likeness (QED) is 0.877. The van der Waals surface area contributed by atoms with E-state index in [9.17, 15) is 9.90 Å². The predicted octanol–water partition coefficient (Wildman–Crippen LogP) is 2.54. The summed E-state index contributed by atoms with van der Waals surface area (Å²) >= 11 is 0. The van der Waals surface area contributed by atoms with Crippen molar-refractivity contribution in [3.63, 3.8) is 0 Å². The molecule has 1 fully saturated rings. The molecular formula is C16H22N5O2+. The van der Waals surface area contributed by atoms with E-state index >= 15 is 0 Å². The Morgan fingerprint density at radius 3 is 2.48 bits per heavy atom. The number of likely N-dealkylation sites (tertiary alicyclic amines) is 1. The second-order valence-electron chi connectivity index (χ2n) is 6.09. The molecule has 23 heavy (non-hydrogen) atoms. The van der Waals surface area contributed by atoms with Gasteiger partial charge in [-0.2, -0.15) is 9.59 Å². The van der Waals surface area contributed by atoms with E-state index in [1.807, 2.05) is 31.2 Å². The number of hydrogen-bond donors (Lipinski definition) is 1. The monoisotopic (exact) mass is 316 g/mol. The zero-order valence-electron chi connectivity index (χ0n) is 13.4. The van der Waals surface area contributed by atoms with E-state index in [0.29, 0.717) is 32.0 Å². The SMILES string of the molecule is CCn1nnc(-c2ccc(C[N+]3(C(=O)O)CCCCC3)cc2)n1. The first kappa shape index (κ1) is 15.6. The maximum Gasteiger partial charge on any atom is 0.513 e. The minimum Gasteiger partial charge on any atom is -0.435 e. The van der Waals surface area contributed by atoms with Crippen LogP contribution in [0.25, 0.3) is 11.4 Å². The number of benzene rings is 1. The molecule has 1 aromatic heterocycles. The Labute approximate surface area is 135 Å². The number of piperidine rings is 1. The second kappa shape index (κ2) is 6.45. The molecule has 1 amide bonds. The van der Waals surface area contributed by atoms with E-state index < -0.39 is 6.09 Å². The molecule has 7 nitrogen and oxygen atoms in total. The van der Waals surface area contributed by atoms with Crippen LogP contribution in [0, 0.1) is 0 Å². The third-order valence-corrected chi connectivity index (χ3v) is 4.51. The molecule has 122 valence electrons. The number of aromatic nitrogens is 4. The van der Waals surface area contributed by atoms with Crippen molar-refractivity contribution in [2.24, 2.45) is 0 Å². The number of quaternary nitrogens is 1. The van der Waals surface area contributed by atoms with Gasteiger partial charge in [-0.15, -0.1) is 10.2 Å². The molecule has 1 N–H and O–H groups in total. The van der Waals surface area contributed by atoms with Gasteiger partial charge in [0.2, 0.25) is 5.82 Å². The van der Waals surface area contributed by atoms with Crippen molar-refractivity contribution in [1.29, 1.82) is 0 Å². The van der Waals surface area contributed by atoms with Gasteiger partial charge in [-0.3, -0.25) is 0 Å². The molecule has 1 aromatic carbocycles. The minimum atomic E-state index is -0.721. The highest BCUT2D eigenvalue weighted by Gasteiger charge is 2.38. The lowest BCUT2D eigenvalue weighted by Crippen LogP contribution is -2.54. The van der Waals surface area contributed by atoms with Gasteiger partial charge in [0.05, 0.1) is 19.6 Å². The van der Waals surface area contributed by atoms with Crippen LogP contribution in [0.2, 0.25) is 0 Å². The molecule has 0 radical (unpaired) electrons. The lowest BCUT2D eigenvalue weighted by Gasteiger charge is -2.35. The maximum atomic E-state index is 11.7. The van der Waals surface area contributed by atoms with Gasteiger partial charge in [-0.25, -0.2) is 4.48 Å².